The van der Waals surface area contributed by atoms with Gasteiger partial charge in [0.05, 0.1) is 0 Å². The molecule has 7 heteroatoms. The lowest BCUT2D eigenvalue weighted by atomic mass is 10.1. The van der Waals surface area contributed by atoms with E-state index in [4.69, 9.17) is 5.11 Å². The van der Waals surface area contributed by atoms with E-state index in [0.29, 0.717) is 17.8 Å². The molecule has 1 heterocycles. The molecule has 0 aliphatic carbocycles. The van der Waals surface area contributed by atoms with Gasteiger partial charge in [-0.2, -0.15) is 0 Å². The molecule has 0 unspecified atom stereocenters. The summed E-state index contributed by atoms with van der Waals surface area (Å²) < 4.78 is 22.3. The van der Waals surface area contributed by atoms with Crippen molar-refractivity contribution in [1.29, 1.82) is 0 Å². The average Bonchev–Trinajstić information content (AvgIpc) is 2.12. The van der Waals surface area contributed by atoms with Crippen LogP contribution in [0.2, 0.25) is 0 Å². The van der Waals surface area contributed by atoms with Gasteiger partial charge in [-0.05, 0) is 25.8 Å². The molecule has 0 fully saturated rings. The first-order valence-corrected chi connectivity index (χ1v) is 7.47. The van der Waals surface area contributed by atoms with Crippen LogP contribution in [0, 0.1) is 13.8 Å². The van der Waals surface area contributed by atoms with Crippen molar-refractivity contribution < 1.29 is 18.3 Å². The largest absolute Gasteiger partial charge is 0.481 e. The quantitative estimate of drug-likeness (QED) is 0.845. The Kier molecular flexibility index (Phi) is 4.39. The monoisotopic (exact) mass is 272 g/mol. The van der Waals surface area contributed by atoms with Crippen molar-refractivity contribution in [2.75, 3.05) is 6.26 Å². The second-order valence-corrected chi connectivity index (χ2v) is 6.39. The van der Waals surface area contributed by atoms with Gasteiger partial charge in [0.25, 0.3) is 0 Å². The molecule has 100 valence electrons. The Hall–Kier alpha value is -1.50. The minimum atomic E-state index is -3.17. The summed E-state index contributed by atoms with van der Waals surface area (Å²) in [6.45, 7) is 3.47. The van der Waals surface area contributed by atoms with Crippen LogP contribution in [0.3, 0.4) is 0 Å². The molecule has 0 spiro atoms. The molecule has 0 aromatic carbocycles. The van der Waals surface area contributed by atoms with E-state index >= 15 is 0 Å². The number of nitrogens with zero attached hydrogens (tertiary/aromatic N) is 2. The maximum atomic E-state index is 11.2. The third-order valence-electron chi connectivity index (χ3n) is 2.45. The normalized spacial score (nSPS) is 11.5. The van der Waals surface area contributed by atoms with Crippen molar-refractivity contribution in [2.45, 2.75) is 32.4 Å². The molecule has 1 rings (SSSR count). The first-order chi connectivity index (χ1) is 8.19. The first-order valence-electron chi connectivity index (χ1n) is 5.41. The number of carboxylic acids is 1. The molecule has 0 radical (unpaired) electrons. The van der Waals surface area contributed by atoms with Gasteiger partial charge < -0.3 is 5.11 Å². The highest BCUT2D eigenvalue weighted by molar-refractivity contribution is 7.89. The Morgan fingerprint density at radius 1 is 1.22 bits per heavy atom. The van der Waals surface area contributed by atoms with E-state index in [2.05, 4.69) is 9.97 Å². The summed E-state index contributed by atoms with van der Waals surface area (Å²) in [6, 6.07) is 0. The zero-order valence-corrected chi connectivity index (χ0v) is 11.4. The van der Waals surface area contributed by atoms with Crippen molar-refractivity contribution >= 4 is 15.8 Å². The Morgan fingerprint density at radius 3 is 2.11 bits per heavy atom. The van der Waals surface area contributed by atoms with E-state index in [-0.39, 0.29) is 18.0 Å². The van der Waals surface area contributed by atoms with Crippen molar-refractivity contribution in [1.82, 2.24) is 9.97 Å². The fraction of sp³-hybridized carbons (Fsp3) is 0.545. The molecule has 0 saturated carbocycles. The van der Waals surface area contributed by atoms with Crippen LogP contribution in [0.4, 0.5) is 0 Å². The number of hydrogen-bond donors (Lipinski definition) is 1. The third-order valence-corrected chi connectivity index (χ3v) is 3.23. The van der Waals surface area contributed by atoms with Crippen LogP contribution in [-0.2, 0) is 26.8 Å². The maximum absolute atomic E-state index is 11.2. The SMILES string of the molecule is Cc1nc(CS(C)(=O)=O)nc(C)c1CCC(=O)O. The summed E-state index contributed by atoms with van der Waals surface area (Å²) in [5, 5.41) is 8.64. The topological polar surface area (TPSA) is 97.2 Å². The maximum Gasteiger partial charge on any atom is 0.303 e. The fourth-order valence-corrected chi connectivity index (χ4v) is 2.30. The highest BCUT2D eigenvalue weighted by Gasteiger charge is 2.13. The minimum absolute atomic E-state index is 0.0104. The Morgan fingerprint density at radius 2 is 1.72 bits per heavy atom. The van der Waals surface area contributed by atoms with E-state index in [1.54, 1.807) is 13.8 Å². The number of aromatic nitrogens is 2. The minimum Gasteiger partial charge on any atom is -0.481 e. The number of hydrogen-bond acceptors (Lipinski definition) is 5. The summed E-state index contributed by atoms with van der Waals surface area (Å²) in [5.41, 5.74) is 2.06. The molecule has 0 saturated heterocycles. The number of carboxylic acid groups (broad SMARTS) is 1. The van der Waals surface area contributed by atoms with Gasteiger partial charge in [-0.1, -0.05) is 0 Å². The highest BCUT2D eigenvalue weighted by Crippen LogP contribution is 2.13. The van der Waals surface area contributed by atoms with Crippen molar-refractivity contribution in [3.05, 3.63) is 22.8 Å². The third kappa shape index (κ3) is 4.40. The molecular weight excluding hydrogens is 256 g/mol. The second-order valence-electron chi connectivity index (χ2n) is 4.25. The summed E-state index contributed by atoms with van der Waals surface area (Å²) in [7, 11) is -3.17. The lowest BCUT2D eigenvalue weighted by Gasteiger charge is -2.09. The van der Waals surface area contributed by atoms with Crippen LogP contribution in [0.15, 0.2) is 0 Å². The number of rotatable bonds is 5. The Balaban J connectivity index is 3.01. The number of sulfone groups is 1. The zero-order chi connectivity index (χ0) is 13.9. The van der Waals surface area contributed by atoms with Crippen molar-refractivity contribution in [3.8, 4) is 0 Å². The molecule has 0 bridgehead atoms. The summed E-state index contributed by atoms with van der Waals surface area (Å²) in [4.78, 5) is 18.8. The smallest absolute Gasteiger partial charge is 0.303 e. The zero-order valence-electron chi connectivity index (χ0n) is 10.6. The summed E-state index contributed by atoms with van der Waals surface area (Å²) in [5.74, 6) is -0.825. The summed E-state index contributed by atoms with van der Waals surface area (Å²) >= 11 is 0. The van der Waals surface area contributed by atoms with Gasteiger partial charge in [0.15, 0.2) is 9.84 Å². The molecule has 0 atom stereocenters. The predicted octanol–water partition coefficient (Wildman–Crippen LogP) is 0.655. The van der Waals surface area contributed by atoms with Crippen LogP contribution in [0.1, 0.15) is 29.2 Å². The van der Waals surface area contributed by atoms with Crippen LogP contribution in [0.5, 0.6) is 0 Å². The van der Waals surface area contributed by atoms with Crippen molar-refractivity contribution in [2.24, 2.45) is 0 Å². The van der Waals surface area contributed by atoms with E-state index in [1.165, 1.54) is 0 Å². The summed E-state index contributed by atoms with van der Waals surface area (Å²) in [6.07, 6.45) is 1.49. The number of aryl methyl sites for hydroxylation is 2. The molecule has 0 amide bonds. The van der Waals surface area contributed by atoms with Crippen LogP contribution in [0.25, 0.3) is 0 Å². The molecular formula is C11H16N2O4S. The van der Waals surface area contributed by atoms with E-state index in [1.807, 2.05) is 0 Å². The molecule has 0 aliphatic rings. The van der Waals surface area contributed by atoms with Gasteiger partial charge in [0.1, 0.15) is 11.6 Å². The second kappa shape index (κ2) is 5.43. The van der Waals surface area contributed by atoms with E-state index in [0.717, 1.165) is 11.8 Å². The van der Waals surface area contributed by atoms with Crippen LogP contribution in [-0.4, -0.2) is 35.7 Å². The molecule has 0 aliphatic heterocycles. The van der Waals surface area contributed by atoms with Gasteiger partial charge in [-0.15, -0.1) is 0 Å². The standard InChI is InChI=1S/C11H16N2O4S/c1-7-9(4-5-11(14)15)8(2)13-10(12-7)6-18(3,16)17/h4-6H2,1-3H3,(H,14,15). The molecule has 1 N–H and O–H groups in total. The van der Waals surface area contributed by atoms with E-state index in [9.17, 15) is 13.2 Å². The molecule has 18 heavy (non-hydrogen) atoms. The van der Waals surface area contributed by atoms with Gasteiger partial charge >= 0.3 is 5.97 Å². The molecule has 6 nitrogen and oxygen atoms in total. The number of carbonyl (C=O) groups is 1. The van der Waals surface area contributed by atoms with Gasteiger partial charge in [0, 0.05) is 24.1 Å². The van der Waals surface area contributed by atoms with Gasteiger partial charge in [-0.25, -0.2) is 18.4 Å². The van der Waals surface area contributed by atoms with Gasteiger partial charge in [-0.3, -0.25) is 4.79 Å². The average molecular weight is 272 g/mol. The molecule has 1 aromatic rings. The van der Waals surface area contributed by atoms with E-state index < -0.39 is 15.8 Å². The predicted molar refractivity (Wildman–Crippen MR) is 66.0 cm³/mol. The lowest BCUT2D eigenvalue weighted by Crippen LogP contribution is -2.11. The Bertz CT molecular complexity index is 543. The Labute approximate surface area is 106 Å². The highest BCUT2D eigenvalue weighted by atomic mass is 32.2. The first kappa shape index (κ1) is 14.6. The molecule has 1 aromatic heterocycles. The van der Waals surface area contributed by atoms with Gasteiger partial charge in [0.2, 0.25) is 0 Å². The van der Waals surface area contributed by atoms with Crippen LogP contribution >= 0.6 is 0 Å². The number of aliphatic carboxylic acids is 1. The lowest BCUT2D eigenvalue weighted by molar-refractivity contribution is -0.136. The fourth-order valence-electron chi connectivity index (χ4n) is 1.70. The van der Waals surface area contributed by atoms with Crippen molar-refractivity contribution in [3.63, 3.8) is 0 Å². The van der Waals surface area contributed by atoms with Crippen LogP contribution < -0.4 is 0 Å².